The summed E-state index contributed by atoms with van der Waals surface area (Å²) in [6.07, 6.45) is 1.94. The zero-order chi connectivity index (χ0) is 16.3. The van der Waals surface area contributed by atoms with Crippen molar-refractivity contribution in [3.8, 4) is 0 Å². The second kappa shape index (κ2) is 6.62. The summed E-state index contributed by atoms with van der Waals surface area (Å²) in [6.45, 7) is 1.52. The molecule has 0 saturated heterocycles. The van der Waals surface area contributed by atoms with E-state index in [9.17, 15) is 14.0 Å². The highest BCUT2D eigenvalue weighted by Gasteiger charge is 2.13. The van der Waals surface area contributed by atoms with E-state index in [0.29, 0.717) is 5.56 Å². The fraction of sp³-hybridized carbons (Fsp3) is 0.125. The molecule has 0 saturated carbocycles. The van der Waals surface area contributed by atoms with Crippen LogP contribution in [-0.2, 0) is 0 Å². The lowest BCUT2D eigenvalue weighted by Crippen LogP contribution is -2.16. The average Bonchev–Trinajstić information content (AvgIpc) is 2.51. The molecule has 0 fully saturated rings. The molecular formula is C16H15FN2O2S. The van der Waals surface area contributed by atoms with Gasteiger partial charge in [0.2, 0.25) is 5.91 Å². The normalized spacial score (nSPS) is 10.3. The lowest BCUT2D eigenvalue weighted by atomic mass is 10.1. The molecule has 0 aliphatic heterocycles. The summed E-state index contributed by atoms with van der Waals surface area (Å²) in [6, 6.07) is 9.45. The quantitative estimate of drug-likeness (QED) is 0.850. The standard InChI is InChI=1S/C16H15FN2O2S/c1-9-13(17)7-11(15(18)20)8-14(9)19-16(21)10-3-5-12(22-2)6-4-10/h3-8H,1-2H3,(H2,18,20)(H,19,21). The number of amides is 2. The lowest BCUT2D eigenvalue weighted by Gasteiger charge is -2.11. The predicted octanol–water partition coefficient (Wildman–Crippen LogP) is 3.21. The Morgan fingerprint density at radius 3 is 2.32 bits per heavy atom. The number of carbonyl (C=O) groups is 2. The van der Waals surface area contributed by atoms with Crippen LogP contribution >= 0.6 is 11.8 Å². The number of thioether (sulfide) groups is 1. The van der Waals surface area contributed by atoms with Crippen molar-refractivity contribution >= 4 is 29.3 Å². The maximum absolute atomic E-state index is 13.8. The van der Waals surface area contributed by atoms with Crippen molar-refractivity contribution in [1.82, 2.24) is 0 Å². The van der Waals surface area contributed by atoms with E-state index < -0.39 is 11.7 Å². The number of halogens is 1. The van der Waals surface area contributed by atoms with E-state index in [0.717, 1.165) is 11.0 Å². The summed E-state index contributed by atoms with van der Waals surface area (Å²) in [5, 5.41) is 2.61. The summed E-state index contributed by atoms with van der Waals surface area (Å²) < 4.78 is 13.8. The van der Waals surface area contributed by atoms with Crippen LogP contribution in [0.1, 0.15) is 26.3 Å². The first-order valence-corrected chi connectivity index (χ1v) is 7.70. The Morgan fingerprint density at radius 1 is 1.14 bits per heavy atom. The highest BCUT2D eigenvalue weighted by Crippen LogP contribution is 2.22. The Kier molecular flexibility index (Phi) is 4.82. The Bertz CT molecular complexity index is 730. The number of nitrogens with one attached hydrogen (secondary N) is 1. The van der Waals surface area contributed by atoms with Gasteiger partial charge in [-0.15, -0.1) is 11.8 Å². The number of anilines is 1. The van der Waals surface area contributed by atoms with Crippen LogP contribution in [0, 0.1) is 12.7 Å². The van der Waals surface area contributed by atoms with E-state index in [4.69, 9.17) is 5.73 Å². The molecule has 2 rings (SSSR count). The number of hydrogen-bond acceptors (Lipinski definition) is 3. The third kappa shape index (κ3) is 3.46. The highest BCUT2D eigenvalue weighted by atomic mass is 32.2. The number of rotatable bonds is 4. The Hall–Kier alpha value is -2.34. The zero-order valence-electron chi connectivity index (χ0n) is 12.1. The highest BCUT2D eigenvalue weighted by molar-refractivity contribution is 7.98. The molecule has 0 unspecified atom stereocenters. The molecular weight excluding hydrogens is 303 g/mol. The molecule has 0 aliphatic carbocycles. The minimum Gasteiger partial charge on any atom is -0.366 e. The number of carbonyl (C=O) groups excluding carboxylic acids is 2. The fourth-order valence-electron chi connectivity index (χ4n) is 1.89. The maximum atomic E-state index is 13.8. The van der Waals surface area contributed by atoms with Gasteiger partial charge in [-0.2, -0.15) is 0 Å². The van der Waals surface area contributed by atoms with Gasteiger partial charge < -0.3 is 11.1 Å². The summed E-state index contributed by atoms with van der Waals surface area (Å²) in [7, 11) is 0. The van der Waals surface area contributed by atoms with E-state index in [1.54, 1.807) is 23.9 Å². The van der Waals surface area contributed by atoms with Gasteiger partial charge in [0.1, 0.15) is 5.82 Å². The molecule has 4 nitrogen and oxygen atoms in total. The van der Waals surface area contributed by atoms with Crippen LogP contribution in [0.25, 0.3) is 0 Å². The average molecular weight is 318 g/mol. The molecule has 0 heterocycles. The molecule has 0 aliphatic rings. The second-order valence-electron chi connectivity index (χ2n) is 4.68. The smallest absolute Gasteiger partial charge is 0.255 e. The predicted molar refractivity (Wildman–Crippen MR) is 85.8 cm³/mol. The molecule has 6 heteroatoms. The van der Waals surface area contributed by atoms with Gasteiger partial charge in [-0.3, -0.25) is 9.59 Å². The number of benzene rings is 2. The summed E-state index contributed by atoms with van der Waals surface area (Å²) in [5.74, 6) is -1.72. The van der Waals surface area contributed by atoms with Gasteiger partial charge in [-0.25, -0.2) is 4.39 Å². The van der Waals surface area contributed by atoms with Gasteiger partial charge in [0.05, 0.1) is 0 Å². The Balaban J connectivity index is 2.29. The molecule has 0 radical (unpaired) electrons. The van der Waals surface area contributed by atoms with E-state index in [1.807, 2.05) is 18.4 Å². The SMILES string of the molecule is CSc1ccc(C(=O)Nc2cc(C(N)=O)cc(F)c2C)cc1. The van der Waals surface area contributed by atoms with Crippen molar-refractivity contribution in [2.45, 2.75) is 11.8 Å². The van der Waals surface area contributed by atoms with Crippen LogP contribution in [0.15, 0.2) is 41.3 Å². The van der Waals surface area contributed by atoms with Gasteiger partial charge in [0.25, 0.3) is 5.91 Å². The molecule has 2 aromatic carbocycles. The summed E-state index contributed by atoms with van der Waals surface area (Å²) >= 11 is 1.57. The molecule has 22 heavy (non-hydrogen) atoms. The van der Waals surface area contributed by atoms with E-state index in [2.05, 4.69) is 5.32 Å². The topological polar surface area (TPSA) is 72.2 Å². The van der Waals surface area contributed by atoms with Crippen LogP contribution in [-0.4, -0.2) is 18.1 Å². The van der Waals surface area contributed by atoms with E-state index in [1.165, 1.54) is 13.0 Å². The first-order valence-electron chi connectivity index (χ1n) is 6.47. The maximum Gasteiger partial charge on any atom is 0.255 e. The number of hydrogen-bond donors (Lipinski definition) is 2. The monoisotopic (exact) mass is 318 g/mol. The van der Waals surface area contributed by atoms with Gasteiger partial charge in [0, 0.05) is 27.3 Å². The Labute approximate surface area is 131 Å². The van der Waals surface area contributed by atoms with Gasteiger partial charge in [-0.1, -0.05) is 0 Å². The van der Waals surface area contributed by atoms with Gasteiger partial charge in [-0.05, 0) is 49.6 Å². The molecule has 2 aromatic rings. The summed E-state index contributed by atoms with van der Waals surface area (Å²) in [4.78, 5) is 24.4. The van der Waals surface area contributed by atoms with Gasteiger partial charge >= 0.3 is 0 Å². The molecule has 0 bridgehead atoms. The minimum atomic E-state index is -0.751. The molecule has 2 amide bonds. The third-order valence-electron chi connectivity index (χ3n) is 3.23. The van der Waals surface area contributed by atoms with Crippen LogP contribution < -0.4 is 11.1 Å². The lowest BCUT2D eigenvalue weighted by molar-refractivity contribution is 0.0995. The molecule has 114 valence electrons. The van der Waals surface area contributed by atoms with E-state index >= 15 is 0 Å². The number of primary amides is 1. The zero-order valence-corrected chi connectivity index (χ0v) is 13.0. The van der Waals surface area contributed by atoms with Crippen molar-refractivity contribution < 1.29 is 14.0 Å². The van der Waals surface area contributed by atoms with Crippen molar-refractivity contribution in [3.63, 3.8) is 0 Å². The molecule has 0 atom stereocenters. The first-order chi connectivity index (χ1) is 10.4. The van der Waals surface area contributed by atoms with Crippen LogP contribution in [0.3, 0.4) is 0 Å². The molecule has 0 spiro atoms. The fourth-order valence-corrected chi connectivity index (χ4v) is 2.30. The third-order valence-corrected chi connectivity index (χ3v) is 3.97. The van der Waals surface area contributed by atoms with Crippen LogP contribution in [0.2, 0.25) is 0 Å². The van der Waals surface area contributed by atoms with Crippen LogP contribution in [0.4, 0.5) is 10.1 Å². The van der Waals surface area contributed by atoms with Crippen molar-refractivity contribution in [3.05, 3.63) is 58.9 Å². The Morgan fingerprint density at radius 2 is 1.77 bits per heavy atom. The van der Waals surface area contributed by atoms with Crippen molar-refractivity contribution in [1.29, 1.82) is 0 Å². The van der Waals surface area contributed by atoms with Crippen molar-refractivity contribution in [2.24, 2.45) is 5.73 Å². The first kappa shape index (κ1) is 16.0. The minimum absolute atomic E-state index is 0.0103. The molecule has 3 N–H and O–H groups in total. The largest absolute Gasteiger partial charge is 0.366 e. The van der Waals surface area contributed by atoms with Gasteiger partial charge in [0.15, 0.2) is 0 Å². The van der Waals surface area contributed by atoms with Crippen LogP contribution in [0.5, 0.6) is 0 Å². The van der Waals surface area contributed by atoms with E-state index in [-0.39, 0.29) is 22.7 Å². The number of nitrogens with two attached hydrogens (primary N) is 1. The summed E-state index contributed by atoms with van der Waals surface area (Å²) in [5.41, 5.74) is 6.09. The van der Waals surface area contributed by atoms with Crippen molar-refractivity contribution in [2.75, 3.05) is 11.6 Å². The second-order valence-corrected chi connectivity index (χ2v) is 5.56. The molecule has 0 aromatic heterocycles.